The van der Waals surface area contributed by atoms with Gasteiger partial charge in [-0.1, -0.05) is 35.3 Å². The van der Waals surface area contributed by atoms with Crippen molar-refractivity contribution >= 4 is 46.2 Å². The molecule has 1 saturated heterocycles. The lowest BCUT2D eigenvalue weighted by Crippen LogP contribution is -2.46. The summed E-state index contributed by atoms with van der Waals surface area (Å²) in [6.07, 6.45) is 1.31. The second kappa shape index (κ2) is 9.49. The van der Waals surface area contributed by atoms with Crippen LogP contribution in [0.5, 0.6) is 11.5 Å². The highest BCUT2D eigenvalue weighted by Crippen LogP contribution is 2.37. The van der Waals surface area contributed by atoms with Crippen molar-refractivity contribution in [1.82, 2.24) is 14.9 Å². The summed E-state index contributed by atoms with van der Waals surface area (Å²) in [5.41, 5.74) is 1.34. The molecule has 0 bridgehead atoms. The van der Waals surface area contributed by atoms with E-state index in [9.17, 15) is 10.1 Å². The Balaban J connectivity index is 1.31. The van der Waals surface area contributed by atoms with E-state index in [-0.39, 0.29) is 29.1 Å². The number of nitrogens with zero attached hydrogens (tertiary/aromatic N) is 5. The molecule has 1 fully saturated rings. The van der Waals surface area contributed by atoms with Crippen molar-refractivity contribution in [2.45, 2.75) is 6.54 Å². The molecule has 0 aliphatic carbocycles. The minimum atomic E-state index is -0.477. The Labute approximate surface area is 205 Å². The average molecular weight is 503 g/mol. The predicted molar refractivity (Wildman–Crippen MR) is 128 cm³/mol. The highest BCUT2D eigenvalue weighted by Gasteiger charge is 2.30. The lowest BCUT2D eigenvalue weighted by Gasteiger charge is -2.35. The van der Waals surface area contributed by atoms with Crippen LogP contribution in [0.1, 0.15) is 5.56 Å². The number of halogens is 2. The minimum absolute atomic E-state index is 0.0574. The van der Waals surface area contributed by atoms with Crippen molar-refractivity contribution < 1.29 is 14.4 Å². The molecular weight excluding hydrogens is 483 g/mol. The topological polar surface area (TPSA) is 106 Å². The fourth-order valence-electron chi connectivity index (χ4n) is 4.00. The van der Waals surface area contributed by atoms with Crippen LogP contribution in [0, 0.1) is 10.1 Å². The smallest absolute Gasteiger partial charge is 0.353 e. The summed E-state index contributed by atoms with van der Waals surface area (Å²) in [7, 11) is 0. The van der Waals surface area contributed by atoms with Gasteiger partial charge in [0.15, 0.2) is 11.5 Å². The van der Waals surface area contributed by atoms with Crippen LogP contribution in [0.25, 0.3) is 0 Å². The normalized spacial score (nSPS) is 15.4. The number of anilines is 3. The van der Waals surface area contributed by atoms with Gasteiger partial charge in [0.25, 0.3) is 0 Å². The van der Waals surface area contributed by atoms with E-state index in [1.807, 2.05) is 23.1 Å². The summed E-state index contributed by atoms with van der Waals surface area (Å²) in [5.74, 6) is 1.84. The molecule has 12 heteroatoms. The van der Waals surface area contributed by atoms with Gasteiger partial charge in [0.2, 0.25) is 18.4 Å². The molecular formula is C22H20Cl2N6O4. The van der Waals surface area contributed by atoms with E-state index < -0.39 is 4.92 Å². The molecule has 1 aromatic heterocycles. The Kier molecular flexibility index (Phi) is 6.27. The standard InChI is InChI=1S/C22H20Cl2N6O4/c23-15-2-1-3-16(19(15)24)27-21-20(30(31)32)22(26-12-25-21)29-8-6-28(7-9-29)11-14-4-5-17-18(10-14)34-13-33-17/h1-5,10,12H,6-9,11,13H2,(H,25,26,27). The summed E-state index contributed by atoms with van der Waals surface area (Å²) in [6, 6.07) is 10.9. The molecule has 34 heavy (non-hydrogen) atoms. The van der Waals surface area contributed by atoms with Crippen molar-refractivity contribution in [3.63, 3.8) is 0 Å². The van der Waals surface area contributed by atoms with Crippen molar-refractivity contribution in [1.29, 1.82) is 0 Å². The third-order valence-corrected chi connectivity index (χ3v) is 6.52. The number of ether oxygens (including phenoxy) is 2. The zero-order valence-electron chi connectivity index (χ0n) is 17.9. The van der Waals surface area contributed by atoms with Crippen molar-refractivity contribution in [2.24, 2.45) is 0 Å². The molecule has 176 valence electrons. The maximum Gasteiger partial charge on any atom is 0.353 e. The molecule has 0 amide bonds. The third-order valence-electron chi connectivity index (χ3n) is 5.71. The highest BCUT2D eigenvalue weighted by molar-refractivity contribution is 6.43. The van der Waals surface area contributed by atoms with Crippen LogP contribution >= 0.6 is 23.2 Å². The van der Waals surface area contributed by atoms with Gasteiger partial charge in [0.1, 0.15) is 6.33 Å². The van der Waals surface area contributed by atoms with Crippen LogP contribution in [0.4, 0.5) is 23.0 Å². The average Bonchev–Trinajstić information content (AvgIpc) is 3.30. The quantitative estimate of drug-likeness (QED) is 0.385. The maximum atomic E-state index is 12.0. The van der Waals surface area contributed by atoms with Gasteiger partial charge in [-0.2, -0.15) is 0 Å². The SMILES string of the molecule is O=[N+]([O-])c1c(Nc2cccc(Cl)c2Cl)ncnc1N1CCN(Cc2ccc3c(c2)OCO3)CC1. The predicted octanol–water partition coefficient (Wildman–Crippen LogP) is 4.49. The summed E-state index contributed by atoms with van der Waals surface area (Å²) in [4.78, 5) is 24.0. The van der Waals surface area contributed by atoms with E-state index in [1.54, 1.807) is 18.2 Å². The first-order valence-corrected chi connectivity index (χ1v) is 11.3. The van der Waals surface area contributed by atoms with Crippen molar-refractivity contribution in [2.75, 3.05) is 43.2 Å². The first-order valence-electron chi connectivity index (χ1n) is 10.6. The monoisotopic (exact) mass is 502 g/mol. The number of benzene rings is 2. The van der Waals surface area contributed by atoms with E-state index in [2.05, 4.69) is 20.2 Å². The van der Waals surface area contributed by atoms with Gasteiger partial charge >= 0.3 is 5.69 Å². The fourth-order valence-corrected chi connectivity index (χ4v) is 4.35. The molecule has 10 nitrogen and oxygen atoms in total. The molecule has 5 rings (SSSR count). The molecule has 0 radical (unpaired) electrons. The lowest BCUT2D eigenvalue weighted by molar-refractivity contribution is -0.383. The Morgan fingerprint density at radius 2 is 1.85 bits per heavy atom. The third kappa shape index (κ3) is 4.52. The van der Waals surface area contributed by atoms with Gasteiger partial charge in [0.05, 0.1) is 20.7 Å². The number of aromatic nitrogens is 2. The molecule has 0 spiro atoms. The van der Waals surface area contributed by atoms with E-state index in [4.69, 9.17) is 32.7 Å². The molecule has 3 heterocycles. The van der Waals surface area contributed by atoms with Gasteiger partial charge in [-0.15, -0.1) is 0 Å². The van der Waals surface area contributed by atoms with Gasteiger partial charge in [-0.3, -0.25) is 15.0 Å². The van der Waals surface area contributed by atoms with Gasteiger partial charge < -0.3 is 19.7 Å². The zero-order chi connectivity index (χ0) is 23.7. The van der Waals surface area contributed by atoms with Crippen LogP contribution in [-0.2, 0) is 6.54 Å². The van der Waals surface area contributed by atoms with E-state index in [0.29, 0.717) is 23.8 Å². The first-order chi connectivity index (χ1) is 16.5. The molecule has 2 aliphatic rings. The summed E-state index contributed by atoms with van der Waals surface area (Å²) >= 11 is 12.3. The highest BCUT2D eigenvalue weighted by atomic mass is 35.5. The summed E-state index contributed by atoms with van der Waals surface area (Å²) in [5, 5.41) is 15.5. The number of fused-ring (bicyclic) bond motifs is 1. The van der Waals surface area contributed by atoms with Gasteiger partial charge in [-0.05, 0) is 29.8 Å². The minimum Gasteiger partial charge on any atom is -0.454 e. The van der Waals surface area contributed by atoms with Gasteiger partial charge in [-0.25, -0.2) is 9.97 Å². The second-order valence-corrected chi connectivity index (χ2v) is 8.61. The molecule has 2 aliphatic heterocycles. The number of rotatable bonds is 6. The number of hydrogen-bond acceptors (Lipinski definition) is 9. The molecule has 1 N–H and O–H groups in total. The Morgan fingerprint density at radius 1 is 1.06 bits per heavy atom. The van der Waals surface area contributed by atoms with Crippen LogP contribution in [-0.4, -0.2) is 52.8 Å². The molecule has 3 aromatic rings. The van der Waals surface area contributed by atoms with Crippen LogP contribution in [0.3, 0.4) is 0 Å². The fraction of sp³-hybridized carbons (Fsp3) is 0.273. The Morgan fingerprint density at radius 3 is 2.65 bits per heavy atom. The maximum absolute atomic E-state index is 12.0. The van der Waals surface area contributed by atoms with Crippen molar-refractivity contribution in [3.8, 4) is 11.5 Å². The summed E-state index contributed by atoms with van der Waals surface area (Å²) < 4.78 is 10.8. The van der Waals surface area contributed by atoms with Crippen molar-refractivity contribution in [3.05, 3.63) is 68.4 Å². The lowest BCUT2D eigenvalue weighted by atomic mass is 10.1. The second-order valence-electron chi connectivity index (χ2n) is 7.83. The molecule has 2 aromatic carbocycles. The Bertz CT molecular complexity index is 1240. The number of nitro groups is 1. The zero-order valence-corrected chi connectivity index (χ0v) is 19.4. The molecule has 0 unspecified atom stereocenters. The first kappa shape index (κ1) is 22.5. The van der Waals surface area contributed by atoms with E-state index in [1.165, 1.54) is 6.33 Å². The van der Waals surface area contributed by atoms with Gasteiger partial charge in [0, 0.05) is 32.7 Å². The number of piperazine rings is 1. The Hall–Kier alpha value is -3.34. The summed E-state index contributed by atoms with van der Waals surface area (Å²) in [6.45, 7) is 3.60. The number of hydrogen-bond donors (Lipinski definition) is 1. The van der Waals surface area contributed by atoms with E-state index >= 15 is 0 Å². The molecule has 0 atom stereocenters. The van der Waals surface area contributed by atoms with Crippen LogP contribution < -0.4 is 19.7 Å². The largest absolute Gasteiger partial charge is 0.454 e. The number of nitrogens with one attached hydrogen (secondary N) is 1. The van der Waals surface area contributed by atoms with Crippen LogP contribution in [0.15, 0.2) is 42.7 Å². The van der Waals surface area contributed by atoms with E-state index in [0.717, 1.165) is 36.7 Å². The van der Waals surface area contributed by atoms with Crippen LogP contribution in [0.2, 0.25) is 10.0 Å². The molecule has 0 saturated carbocycles.